The van der Waals surface area contributed by atoms with Crippen LogP contribution in [0.5, 0.6) is 0 Å². The van der Waals surface area contributed by atoms with E-state index in [-0.39, 0.29) is 6.42 Å². The number of carbonyl (C=O) groups excluding carboxylic acids is 1. The molecule has 0 aliphatic carbocycles. The van der Waals surface area contributed by atoms with Gasteiger partial charge in [0.15, 0.2) is 6.29 Å². The Hall–Kier alpha value is -1.15. The van der Waals surface area contributed by atoms with E-state index in [2.05, 4.69) is 31.3 Å². The molecule has 8 N–H and O–H groups in total. The molecule has 1 fully saturated rings. The van der Waals surface area contributed by atoms with Gasteiger partial charge in [0.05, 0.1) is 25.4 Å². The monoisotopic (exact) mass is 1250 g/mol. The lowest BCUT2D eigenvalue weighted by atomic mass is 9.98. The number of amides is 1. The zero-order valence-corrected chi connectivity index (χ0v) is 58.3. The molecule has 11 heteroatoms. The largest absolute Gasteiger partial charge is 0.394 e. The molecule has 524 valence electrons. The lowest BCUT2D eigenvalue weighted by molar-refractivity contribution is -0.303. The Morgan fingerprint density at radius 3 is 0.955 bits per heavy atom. The Morgan fingerprint density at radius 2 is 0.659 bits per heavy atom. The van der Waals surface area contributed by atoms with Crippen LogP contribution in [0.3, 0.4) is 0 Å². The molecule has 9 atom stereocenters. The van der Waals surface area contributed by atoms with Crippen molar-refractivity contribution in [3.63, 3.8) is 0 Å². The first-order chi connectivity index (χ1) is 43.2. The summed E-state index contributed by atoms with van der Waals surface area (Å²) in [5, 5.41) is 76.7. The van der Waals surface area contributed by atoms with Crippen molar-refractivity contribution in [2.24, 2.45) is 0 Å². The number of aliphatic hydroxyl groups excluding tert-OH is 7. The van der Waals surface area contributed by atoms with Crippen molar-refractivity contribution < 1.29 is 50.0 Å². The van der Waals surface area contributed by atoms with Crippen molar-refractivity contribution in [2.45, 2.75) is 461 Å². The highest BCUT2D eigenvalue weighted by molar-refractivity contribution is 5.80. The Balaban J connectivity index is 2.11. The fourth-order valence-corrected chi connectivity index (χ4v) is 13.1. The molecule has 0 saturated carbocycles. The molecule has 88 heavy (non-hydrogen) atoms. The van der Waals surface area contributed by atoms with E-state index in [9.17, 15) is 40.5 Å². The van der Waals surface area contributed by atoms with Crippen LogP contribution in [0.25, 0.3) is 0 Å². The summed E-state index contributed by atoms with van der Waals surface area (Å²) >= 11 is 0. The van der Waals surface area contributed by atoms with E-state index < -0.39 is 74.2 Å². The molecular formula is C77H151NO10. The summed E-state index contributed by atoms with van der Waals surface area (Å²) in [4.78, 5) is 13.3. The number of hydrogen-bond donors (Lipinski definition) is 8. The van der Waals surface area contributed by atoms with Gasteiger partial charge in [0.1, 0.15) is 36.6 Å². The Labute approximate surface area is 544 Å². The van der Waals surface area contributed by atoms with Gasteiger partial charge in [-0.2, -0.15) is 0 Å². The molecule has 1 amide bonds. The molecule has 0 spiro atoms. The molecule has 1 aliphatic heterocycles. The number of hydrogen-bond acceptors (Lipinski definition) is 10. The third kappa shape index (κ3) is 52.3. The van der Waals surface area contributed by atoms with Gasteiger partial charge in [-0.3, -0.25) is 4.79 Å². The minimum absolute atomic E-state index is 0.265. The van der Waals surface area contributed by atoms with Gasteiger partial charge in [-0.25, -0.2) is 0 Å². The summed E-state index contributed by atoms with van der Waals surface area (Å²) in [5.74, 6) is -0.688. The molecule has 0 bridgehead atoms. The summed E-state index contributed by atoms with van der Waals surface area (Å²) in [7, 11) is 0. The van der Waals surface area contributed by atoms with E-state index in [1.807, 2.05) is 0 Å². The first-order valence-electron chi connectivity index (χ1n) is 39.1. The second-order valence-corrected chi connectivity index (χ2v) is 27.8. The Bertz CT molecular complexity index is 1440. The van der Waals surface area contributed by atoms with Gasteiger partial charge in [-0.05, 0) is 38.5 Å². The summed E-state index contributed by atoms with van der Waals surface area (Å²) in [6, 6.07) is -1.17. The van der Waals surface area contributed by atoms with Gasteiger partial charge in [0, 0.05) is 0 Å². The molecule has 1 heterocycles. The average molecular weight is 1250 g/mol. The smallest absolute Gasteiger partial charge is 0.249 e. The van der Waals surface area contributed by atoms with Crippen molar-refractivity contribution >= 4 is 5.91 Å². The van der Waals surface area contributed by atoms with Gasteiger partial charge < -0.3 is 50.5 Å². The van der Waals surface area contributed by atoms with Crippen LogP contribution in [0.1, 0.15) is 406 Å². The molecule has 0 radical (unpaired) electrons. The minimum atomic E-state index is -1.66. The van der Waals surface area contributed by atoms with E-state index in [1.54, 1.807) is 0 Å². The zero-order valence-electron chi connectivity index (χ0n) is 58.3. The van der Waals surface area contributed by atoms with Crippen molar-refractivity contribution in [2.75, 3.05) is 13.2 Å². The quantitative estimate of drug-likeness (QED) is 0.0215. The van der Waals surface area contributed by atoms with Gasteiger partial charge in [-0.15, -0.1) is 0 Å². The number of allylic oxidation sites excluding steroid dienone is 2. The first-order valence-corrected chi connectivity index (χ1v) is 39.1. The van der Waals surface area contributed by atoms with Crippen molar-refractivity contribution in [3.05, 3.63) is 12.2 Å². The van der Waals surface area contributed by atoms with Crippen LogP contribution >= 0.6 is 0 Å². The van der Waals surface area contributed by atoms with Gasteiger partial charge in [0.25, 0.3) is 0 Å². The second kappa shape index (κ2) is 65.9. The van der Waals surface area contributed by atoms with Gasteiger partial charge in [-0.1, -0.05) is 379 Å². The van der Waals surface area contributed by atoms with Crippen molar-refractivity contribution in [1.29, 1.82) is 0 Å². The molecular weight excluding hydrogens is 1100 g/mol. The molecule has 0 aromatic heterocycles. The van der Waals surface area contributed by atoms with Crippen LogP contribution in [0.4, 0.5) is 0 Å². The van der Waals surface area contributed by atoms with E-state index in [1.165, 1.54) is 327 Å². The normalized spacial score (nSPS) is 18.6. The predicted molar refractivity (Wildman–Crippen MR) is 372 cm³/mol. The van der Waals surface area contributed by atoms with Crippen LogP contribution in [0.2, 0.25) is 0 Å². The highest BCUT2D eigenvalue weighted by Gasteiger charge is 2.44. The maximum Gasteiger partial charge on any atom is 0.249 e. The number of ether oxygens (including phenoxy) is 2. The van der Waals surface area contributed by atoms with Crippen LogP contribution in [-0.4, -0.2) is 110 Å². The van der Waals surface area contributed by atoms with Gasteiger partial charge in [0.2, 0.25) is 5.91 Å². The molecule has 9 unspecified atom stereocenters. The fraction of sp³-hybridized carbons (Fsp3) is 0.961. The lowest BCUT2D eigenvalue weighted by Gasteiger charge is -2.40. The summed E-state index contributed by atoms with van der Waals surface area (Å²) in [5.41, 5.74) is 0. The van der Waals surface area contributed by atoms with Crippen LogP contribution < -0.4 is 5.32 Å². The number of rotatable bonds is 70. The molecule has 1 rings (SSSR count). The summed E-state index contributed by atoms with van der Waals surface area (Å²) < 4.78 is 11.2. The number of aliphatic hydroxyl groups is 7. The third-order valence-electron chi connectivity index (χ3n) is 19.3. The second-order valence-electron chi connectivity index (χ2n) is 27.8. The van der Waals surface area contributed by atoms with E-state index >= 15 is 0 Å². The first kappa shape index (κ1) is 84.9. The highest BCUT2D eigenvalue weighted by atomic mass is 16.7. The molecule has 0 aromatic carbocycles. The molecule has 1 saturated heterocycles. The lowest BCUT2D eigenvalue weighted by Crippen LogP contribution is -2.60. The van der Waals surface area contributed by atoms with Crippen molar-refractivity contribution in [3.8, 4) is 0 Å². The number of unbranched alkanes of at least 4 members (excludes halogenated alkanes) is 56. The van der Waals surface area contributed by atoms with E-state index in [0.29, 0.717) is 19.3 Å². The van der Waals surface area contributed by atoms with E-state index in [0.717, 1.165) is 38.5 Å². The standard InChI is InChI=1S/C77H151NO10/c1-3-5-7-9-11-13-15-17-19-21-23-25-27-28-29-30-31-32-33-34-35-36-37-38-39-40-41-43-45-47-49-51-53-55-57-59-61-63-65-70(81)76(86)78-68(67-87-77-75(85)74(84)73(83)71(66-79)88-77)72(82)69(80)64-62-60-58-56-54-52-50-48-46-44-42-26-24-22-20-18-16-14-12-10-8-6-4-2/h34-35,68-75,77,79-85H,3-33,36-67H2,1-2H3,(H,78,86)/b35-34-. The molecule has 11 nitrogen and oxygen atoms in total. The topological polar surface area (TPSA) is 189 Å². The number of nitrogens with one attached hydrogen (secondary N) is 1. The van der Waals surface area contributed by atoms with Crippen LogP contribution in [0, 0.1) is 0 Å². The van der Waals surface area contributed by atoms with E-state index in [4.69, 9.17) is 9.47 Å². The zero-order chi connectivity index (χ0) is 63.9. The summed E-state index contributed by atoms with van der Waals surface area (Å²) in [6.07, 6.45) is 71.8. The maximum atomic E-state index is 13.3. The third-order valence-corrected chi connectivity index (χ3v) is 19.3. The fourth-order valence-electron chi connectivity index (χ4n) is 13.1. The predicted octanol–water partition coefficient (Wildman–Crippen LogP) is 19.8. The summed E-state index contributed by atoms with van der Waals surface area (Å²) in [6.45, 7) is 3.53. The van der Waals surface area contributed by atoms with Crippen LogP contribution in [0.15, 0.2) is 12.2 Å². The average Bonchev–Trinajstić information content (AvgIpc) is 3.73. The van der Waals surface area contributed by atoms with Gasteiger partial charge >= 0.3 is 0 Å². The molecule has 1 aliphatic rings. The van der Waals surface area contributed by atoms with Crippen LogP contribution in [-0.2, 0) is 14.3 Å². The minimum Gasteiger partial charge on any atom is -0.394 e. The molecule has 0 aromatic rings. The maximum absolute atomic E-state index is 13.3. The van der Waals surface area contributed by atoms with Crippen molar-refractivity contribution in [1.82, 2.24) is 5.32 Å². The Kier molecular flexibility index (Phi) is 63.5. The highest BCUT2D eigenvalue weighted by Crippen LogP contribution is 2.24. The Morgan fingerprint density at radius 1 is 0.386 bits per heavy atom. The number of carbonyl (C=O) groups is 1. The SMILES string of the molecule is CCCCCCCCCCCCCCCCCCCC/C=C\CCCCCCCCCCCCCCCCCCC(O)C(=O)NC(COC1OC(CO)C(O)C(O)C1O)C(O)C(O)CCCCCCCCCCCCCCCCCCCCCCCCC.